The third-order valence-corrected chi connectivity index (χ3v) is 4.22. The van der Waals surface area contributed by atoms with Crippen molar-refractivity contribution in [2.45, 2.75) is 0 Å². The first-order valence-electron chi connectivity index (χ1n) is 4.98. The molecule has 0 aliphatic heterocycles. The first-order valence-corrected chi connectivity index (χ1v) is 6.83. The zero-order valence-electron chi connectivity index (χ0n) is 8.46. The fourth-order valence-electron chi connectivity index (χ4n) is 1.54. The molecule has 0 saturated carbocycles. The number of pyridine rings is 1. The van der Waals surface area contributed by atoms with Crippen molar-refractivity contribution in [2.24, 2.45) is 0 Å². The van der Waals surface area contributed by atoms with Gasteiger partial charge in [-0.2, -0.15) is 0 Å². The van der Waals surface area contributed by atoms with E-state index in [9.17, 15) is 0 Å². The second-order valence-electron chi connectivity index (χ2n) is 3.37. The Kier molecular flexibility index (Phi) is 2.49. The molecule has 16 heavy (non-hydrogen) atoms. The minimum atomic E-state index is 0.355. The number of ether oxygens (including phenoxy) is 1. The number of hydrogen-bond donors (Lipinski definition) is 0. The Morgan fingerprint density at radius 3 is 2.75 bits per heavy atom. The number of fused-ring (bicyclic) bond motifs is 1. The quantitative estimate of drug-likeness (QED) is 0.670. The van der Waals surface area contributed by atoms with Crippen LogP contribution in [-0.2, 0) is 0 Å². The molecule has 0 aliphatic rings. The van der Waals surface area contributed by atoms with Crippen molar-refractivity contribution in [1.82, 2.24) is 4.98 Å². The van der Waals surface area contributed by atoms with Crippen LogP contribution >= 0.6 is 0 Å². The number of rotatable bonds is 2. The molecule has 0 spiro atoms. The van der Waals surface area contributed by atoms with E-state index in [0.29, 0.717) is 14.5 Å². The Morgan fingerprint density at radius 1 is 1.00 bits per heavy atom. The van der Waals surface area contributed by atoms with Gasteiger partial charge in [-0.25, -0.2) is 0 Å². The molecule has 3 aromatic rings. The summed E-state index contributed by atoms with van der Waals surface area (Å²) in [5.74, 6) is 1.58. The second kappa shape index (κ2) is 4.12. The topological polar surface area (TPSA) is 22.1 Å². The molecular weight excluding hydrogens is 265 g/mol. The summed E-state index contributed by atoms with van der Waals surface area (Å²) in [4.78, 5) is 6.49. The molecule has 0 aliphatic carbocycles. The average molecular weight is 274 g/mol. The third kappa shape index (κ3) is 1.75. The molecule has 78 valence electrons. The number of nitrogens with zero attached hydrogens (tertiary/aromatic N) is 1. The van der Waals surface area contributed by atoms with Gasteiger partial charge in [0.1, 0.15) is 0 Å². The van der Waals surface area contributed by atoms with Crippen LogP contribution in [0.5, 0.6) is 11.6 Å². The van der Waals surface area contributed by atoms with Crippen molar-refractivity contribution in [3.05, 3.63) is 53.6 Å². The van der Waals surface area contributed by atoms with E-state index in [1.807, 2.05) is 36.4 Å². The van der Waals surface area contributed by atoms with Gasteiger partial charge >= 0.3 is 99.1 Å². The van der Waals surface area contributed by atoms with E-state index >= 15 is 0 Å². The molecule has 0 N–H and O–H groups in total. The number of benzene rings is 1. The van der Waals surface area contributed by atoms with Gasteiger partial charge in [0.05, 0.1) is 0 Å². The van der Waals surface area contributed by atoms with E-state index in [4.69, 9.17) is 4.74 Å². The van der Waals surface area contributed by atoms with Gasteiger partial charge in [-0.15, -0.1) is 0 Å². The monoisotopic (exact) mass is 275 g/mol. The van der Waals surface area contributed by atoms with Gasteiger partial charge < -0.3 is 0 Å². The summed E-state index contributed by atoms with van der Waals surface area (Å²) in [5.41, 5.74) is 0. The zero-order valence-corrected chi connectivity index (χ0v) is 10.2. The van der Waals surface area contributed by atoms with Gasteiger partial charge in [0, 0.05) is 0 Å². The Morgan fingerprint density at radius 2 is 1.88 bits per heavy atom. The summed E-state index contributed by atoms with van der Waals surface area (Å²) < 4.78 is 7.02. The summed E-state index contributed by atoms with van der Waals surface area (Å²) in [6.07, 6.45) is 1.79. The van der Waals surface area contributed by atoms with Crippen LogP contribution in [0.4, 0.5) is 0 Å². The van der Waals surface area contributed by atoms with Crippen LogP contribution in [0.25, 0.3) is 9.65 Å². The van der Waals surface area contributed by atoms with Crippen LogP contribution in [0.1, 0.15) is 0 Å². The first kappa shape index (κ1) is 9.64. The summed E-state index contributed by atoms with van der Waals surface area (Å²) in [6.45, 7) is 0. The molecule has 0 saturated heterocycles. The van der Waals surface area contributed by atoms with Gasteiger partial charge in [-0.05, 0) is 0 Å². The fourth-order valence-corrected chi connectivity index (χ4v) is 3.26. The Hall–Kier alpha value is -1.57. The Labute approximate surface area is 99.3 Å². The normalized spacial score (nSPS) is 10.5. The molecular formula is C13H9NOSe. The zero-order chi connectivity index (χ0) is 10.8. The predicted octanol–water partition coefficient (Wildman–Crippen LogP) is 3.08. The fraction of sp³-hybridized carbons (Fsp3) is 0. The van der Waals surface area contributed by atoms with Gasteiger partial charge in [-0.1, -0.05) is 0 Å². The molecule has 3 heteroatoms. The number of para-hydroxylation sites is 1. The SMILES string of the molecule is c1ccc(Oc2nccc3cc[se]c23)cc1. The van der Waals surface area contributed by atoms with Crippen molar-refractivity contribution in [1.29, 1.82) is 0 Å². The van der Waals surface area contributed by atoms with Gasteiger partial charge in [0.15, 0.2) is 0 Å². The maximum atomic E-state index is 5.79. The summed E-state index contributed by atoms with van der Waals surface area (Å²) >= 11 is 0.355. The van der Waals surface area contributed by atoms with Crippen molar-refractivity contribution >= 4 is 24.1 Å². The molecule has 3 rings (SSSR count). The molecule has 2 nitrogen and oxygen atoms in total. The summed E-state index contributed by atoms with van der Waals surface area (Å²) in [5, 5.41) is 1.24. The van der Waals surface area contributed by atoms with E-state index in [1.165, 1.54) is 9.65 Å². The summed E-state index contributed by atoms with van der Waals surface area (Å²) in [6, 6.07) is 13.9. The Bertz CT molecular complexity index is 603. The molecule has 1 aromatic carbocycles. The Balaban J connectivity index is 2.04. The predicted molar refractivity (Wildman–Crippen MR) is 65.2 cm³/mol. The van der Waals surface area contributed by atoms with Crippen LogP contribution < -0.4 is 4.74 Å². The van der Waals surface area contributed by atoms with E-state index in [1.54, 1.807) is 6.20 Å². The molecule has 2 aromatic heterocycles. The summed E-state index contributed by atoms with van der Waals surface area (Å²) in [7, 11) is 0. The van der Waals surface area contributed by atoms with E-state index < -0.39 is 0 Å². The van der Waals surface area contributed by atoms with Gasteiger partial charge in [0.25, 0.3) is 0 Å². The number of aromatic nitrogens is 1. The molecule has 0 amide bonds. The maximum absolute atomic E-state index is 5.79. The van der Waals surface area contributed by atoms with Crippen molar-refractivity contribution in [3.63, 3.8) is 0 Å². The molecule has 2 heterocycles. The van der Waals surface area contributed by atoms with Crippen molar-refractivity contribution in [2.75, 3.05) is 0 Å². The first-order chi connectivity index (χ1) is 7.93. The number of hydrogen-bond acceptors (Lipinski definition) is 2. The molecule has 0 fully saturated rings. The van der Waals surface area contributed by atoms with Crippen LogP contribution in [0, 0.1) is 0 Å². The van der Waals surface area contributed by atoms with E-state index in [-0.39, 0.29) is 0 Å². The van der Waals surface area contributed by atoms with Crippen molar-refractivity contribution in [3.8, 4) is 11.6 Å². The second-order valence-corrected chi connectivity index (χ2v) is 5.29. The van der Waals surface area contributed by atoms with E-state index in [0.717, 1.165) is 11.6 Å². The van der Waals surface area contributed by atoms with Gasteiger partial charge in [0.2, 0.25) is 0 Å². The molecule has 0 unspecified atom stereocenters. The molecule has 0 radical (unpaired) electrons. The van der Waals surface area contributed by atoms with Crippen LogP contribution in [0.15, 0.2) is 53.6 Å². The molecule has 0 atom stereocenters. The van der Waals surface area contributed by atoms with E-state index in [2.05, 4.69) is 16.0 Å². The average Bonchev–Trinajstić information content (AvgIpc) is 2.80. The standard InChI is InChI=1S/C13H9NOSe/c1-2-4-11(5-3-1)15-13-12-10(6-8-14-13)7-9-16-12/h1-9H. The minimum absolute atomic E-state index is 0.355. The van der Waals surface area contributed by atoms with Crippen LogP contribution in [-0.4, -0.2) is 19.5 Å². The van der Waals surface area contributed by atoms with Crippen molar-refractivity contribution < 1.29 is 4.74 Å². The van der Waals surface area contributed by atoms with Gasteiger partial charge in [-0.3, -0.25) is 0 Å². The van der Waals surface area contributed by atoms with Crippen LogP contribution in [0.3, 0.4) is 0 Å². The third-order valence-electron chi connectivity index (χ3n) is 2.29. The molecule has 0 bridgehead atoms. The van der Waals surface area contributed by atoms with Crippen LogP contribution in [0.2, 0.25) is 0 Å².